The third-order valence-electron chi connectivity index (χ3n) is 3.61. The number of carbonyl (C=O) groups is 1. The zero-order valence-electron chi connectivity index (χ0n) is 10.3. The maximum Gasteiger partial charge on any atom is 0.245 e. The molecule has 3 rings (SSSR count). The number of nitrogens with two attached hydrogens (primary N) is 1. The summed E-state index contributed by atoms with van der Waals surface area (Å²) < 4.78 is 5.43. The van der Waals surface area contributed by atoms with Crippen molar-refractivity contribution in [1.29, 1.82) is 0 Å². The van der Waals surface area contributed by atoms with E-state index in [0.717, 1.165) is 36.7 Å². The van der Waals surface area contributed by atoms with Gasteiger partial charge in [-0.3, -0.25) is 4.79 Å². The zero-order chi connectivity index (χ0) is 12.7. The SMILES string of the molecule is CC1COCCN1c1ccc2c(c1)NC(=O)C2N. The molecule has 2 unspecified atom stereocenters. The molecule has 3 N–H and O–H groups in total. The third kappa shape index (κ3) is 1.76. The number of rotatable bonds is 1. The van der Waals surface area contributed by atoms with Gasteiger partial charge in [0.2, 0.25) is 5.91 Å². The number of hydrogen-bond acceptors (Lipinski definition) is 4. The molecule has 0 aromatic heterocycles. The summed E-state index contributed by atoms with van der Waals surface area (Å²) in [6.07, 6.45) is 0. The Morgan fingerprint density at radius 3 is 3.11 bits per heavy atom. The number of carbonyl (C=O) groups excluding carboxylic acids is 1. The van der Waals surface area contributed by atoms with Crippen molar-refractivity contribution in [3.63, 3.8) is 0 Å². The second-order valence-electron chi connectivity index (χ2n) is 4.86. The lowest BCUT2D eigenvalue weighted by Crippen LogP contribution is -2.43. The monoisotopic (exact) mass is 247 g/mol. The molecule has 18 heavy (non-hydrogen) atoms. The fourth-order valence-electron chi connectivity index (χ4n) is 2.56. The molecule has 0 radical (unpaired) electrons. The van der Waals surface area contributed by atoms with Crippen LogP contribution >= 0.6 is 0 Å². The van der Waals surface area contributed by atoms with Gasteiger partial charge >= 0.3 is 0 Å². The quantitative estimate of drug-likeness (QED) is 0.772. The van der Waals surface area contributed by atoms with Gasteiger partial charge in [0.25, 0.3) is 0 Å². The Kier molecular flexibility index (Phi) is 2.72. The molecule has 1 amide bonds. The topological polar surface area (TPSA) is 67.6 Å². The minimum Gasteiger partial charge on any atom is -0.377 e. The smallest absolute Gasteiger partial charge is 0.245 e. The molecule has 2 aliphatic rings. The first-order chi connectivity index (χ1) is 8.66. The largest absolute Gasteiger partial charge is 0.377 e. The number of benzene rings is 1. The van der Waals surface area contributed by atoms with Crippen LogP contribution < -0.4 is 16.0 Å². The van der Waals surface area contributed by atoms with Crippen LogP contribution in [0.3, 0.4) is 0 Å². The molecule has 0 saturated carbocycles. The molecule has 1 aromatic rings. The Labute approximate surface area is 106 Å². The van der Waals surface area contributed by atoms with Crippen LogP contribution in [-0.2, 0) is 9.53 Å². The molecule has 2 aliphatic heterocycles. The van der Waals surface area contributed by atoms with Gasteiger partial charge in [-0.05, 0) is 19.1 Å². The molecule has 1 aromatic carbocycles. The third-order valence-corrected chi connectivity index (χ3v) is 3.61. The Bertz CT molecular complexity index is 489. The van der Waals surface area contributed by atoms with Gasteiger partial charge in [0.15, 0.2) is 0 Å². The van der Waals surface area contributed by atoms with Crippen LogP contribution in [0.15, 0.2) is 18.2 Å². The fourth-order valence-corrected chi connectivity index (χ4v) is 2.56. The van der Waals surface area contributed by atoms with Crippen LogP contribution in [0.25, 0.3) is 0 Å². The molecule has 0 bridgehead atoms. The van der Waals surface area contributed by atoms with Crippen molar-refractivity contribution in [3.05, 3.63) is 23.8 Å². The standard InChI is InChI=1S/C13H17N3O2/c1-8-7-18-5-4-16(8)9-2-3-10-11(6-9)15-13(17)12(10)14/h2-3,6,8,12H,4-5,7,14H2,1H3,(H,15,17). The number of nitrogens with zero attached hydrogens (tertiary/aromatic N) is 1. The van der Waals surface area contributed by atoms with Gasteiger partial charge in [-0.25, -0.2) is 0 Å². The maximum absolute atomic E-state index is 11.5. The molecule has 0 spiro atoms. The van der Waals surface area contributed by atoms with Crippen LogP contribution in [0.5, 0.6) is 0 Å². The maximum atomic E-state index is 11.5. The number of nitrogens with one attached hydrogen (secondary N) is 1. The zero-order valence-corrected chi connectivity index (χ0v) is 10.3. The average molecular weight is 247 g/mol. The molecule has 0 aliphatic carbocycles. The molecule has 2 atom stereocenters. The molecule has 2 heterocycles. The summed E-state index contributed by atoms with van der Waals surface area (Å²) in [5.41, 5.74) is 8.63. The van der Waals surface area contributed by atoms with E-state index in [1.54, 1.807) is 0 Å². The van der Waals surface area contributed by atoms with Crippen LogP contribution in [0.2, 0.25) is 0 Å². The normalized spacial score (nSPS) is 27.0. The van der Waals surface area contributed by atoms with Crippen molar-refractivity contribution >= 4 is 17.3 Å². The van der Waals surface area contributed by atoms with Crippen molar-refractivity contribution in [1.82, 2.24) is 0 Å². The van der Waals surface area contributed by atoms with Crippen molar-refractivity contribution < 1.29 is 9.53 Å². The van der Waals surface area contributed by atoms with Gasteiger partial charge in [0.05, 0.1) is 13.2 Å². The molecule has 1 fully saturated rings. The van der Waals surface area contributed by atoms with E-state index in [1.807, 2.05) is 18.2 Å². The molecular formula is C13H17N3O2. The molecule has 5 heteroatoms. The molecule has 5 nitrogen and oxygen atoms in total. The molecule has 96 valence electrons. The van der Waals surface area contributed by atoms with Gasteiger partial charge in [-0.1, -0.05) is 6.07 Å². The van der Waals surface area contributed by atoms with Crippen LogP contribution in [0.4, 0.5) is 11.4 Å². The minimum atomic E-state index is -0.531. The summed E-state index contributed by atoms with van der Waals surface area (Å²) in [5, 5.41) is 2.82. The van der Waals surface area contributed by atoms with Crippen molar-refractivity contribution in [2.45, 2.75) is 19.0 Å². The highest BCUT2D eigenvalue weighted by molar-refractivity contribution is 6.02. The number of fused-ring (bicyclic) bond motifs is 1. The Morgan fingerprint density at radius 2 is 2.33 bits per heavy atom. The highest BCUT2D eigenvalue weighted by Gasteiger charge is 2.28. The van der Waals surface area contributed by atoms with Gasteiger partial charge in [0, 0.05) is 29.5 Å². The van der Waals surface area contributed by atoms with E-state index in [-0.39, 0.29) is 5.91 Å². The first-order valence-electron chi connectivity index (χ1n) is 6.21. The van der Waals surface area contributed by atoms with Gasteiger partial charge in [-0.15, -0.1) is 0 Å². The average Bonchev–Trinajstić information content (AvgIpc) is 2.65. The lowest BCUT2D eigenvalue weighted by Gasteiger charge is -2.35. The van der Waals surface area contributed by atoms with Crippen molar-refractivity contribution in [2.75, 3.05) is 30.0 Å². The van der Waals surface area contributed by atoms with Gasteiger partial charge in [-0.2, -0.15) is 0 Å². The Morgan fingerprint density at radius 1 is 1.50 bits per heavy atom. The first kappa shape index (κ1) is 11.5. The summed E-state index contributed by atoms with van der Waals surface area (Å²) in [5.74, 6) is -0.128. The lowest BCUT2D eigenvalue weighted by molar-refractivity contribution is -0.116. The Balaban J connectivity index is 1.91. The summed E-state index contributed by atoms with van der Waals surface area (Å²) >= 11 is 0. The van der Waals surface area contributed by atoms with E-state index >= 15 is 0 Å². The predicted octanol–water partition coefficient (Wildman–Crippen LogP) is 0.864. The number of morpholine rings is 1. The van der Waals surface area contributed by atoms with E-state index in [0.29, 0.717) is 6.04 Å². The summed E-state index contributed by atoms with van der Waals surface area (Å²) in [6, 6.07) is 5.79. The Hall–Kier alpha value is -1.59. The summed E-state index contributed by atoms with van der Waals surface area (Å²) in [7, 11) is 0. The predicted molar refractivity (Wildman–Crippen MR) is 69.6 cm³/mol. The van der Waals surface area contributed by atoms with E-state index in [4.69, 9.17) is 10.5 Å². The lowest BCUT2D eigenvalue weighted by atomic mass is 10.1. The van der Waals surface area contributed by atoms with Crippen LogP contribution in [0, 0.1) is 0 Å². The highest BCUT2D eigenvalue weighted by atomic mass is 16.5. The van der Waals surface area contributed by atoms with E-state index in [9.17, 15) is 4.79 Å². The summed E-state index contributed by atoms with van der Waals surface area (Å²) in [6.45, 7) is 4.49. The molecule has 1 saturated heterocycles. The van der Waals surface area contributed by atoms with E-state index < -0.39 is 6.04 Å². The minimum absolute atomic E-state index is 0.128. The van der Waals surface area contributed by atoms with E-state index in [1.165, 1.54) is 0 Å². The van der Waals surface area contributed by atoms with Crippen molar-refractivity contribution in [3.8, 4) is 0 Å². The van der Waals surface area contributed by atoms with Crippen LogP contribution in [-0.4, -0.2) is 31.7 Å². The van der Waals surface area contributed by atoms with Crippen molar-refractivity contribution in [2.24, 2.45) is 5.73 Å². The van der Waals surface area contributed by atoms with Crippen LogP contribution in [0.1, 0.15) is 18.5 Å². The van der Waals surface area contributed by atoms with Gasteiger partial charge < -0.3 is 20.7 Å². The number of anilines is 2. The number of ether oxygens (including phenoxy) is 1. The van der Waals surface area contributed by atoms with E-state index in [2.05, 4.69) is 17.1 Å². The number of amides is 1. The number of hydrogen-bond donors (Lipinski definition) is 2. The summed E-state index contributed by atoms with van der Waals surface area (Å²) in [4.78, 5) is 13.8. The first-order valence-corrected chi connectivity index (χ1v) is 6.21. The second kappa shape index (κ2) is 4.26. The fraction of sp³-hybridized carbons (Fsp3) is 0.462. The second-order valence-corrected chi connectivity index (χ2v) is 4.86. The highest BCUT2D eigenvalue weighted by Crippen LogP contribution is 2.33. The van der Waals surface area contributed by atoms with Gasteiger partial charge in [0.1, 0.15) is 6.04 Å². The molecular weight excluding hydrogens is 230 g/mol.